The molecule has 0 radical (unpaired) electrons. The Bertz CT molecular complexity index is 2540. The van der Waals surface area contributed by atoms with Gasteiger partial charge in [-0.3, -0.25) is 4.79 Å². The summed E-state index contributed by atoms with van der Waals surface area (Å²) in [6.45, 7) is 0.0670. The standard InChI is InChI=1S/C24BF20.C15H13ClNO3/c26-5-1(6(27)14(35)21(42)13(5)34)25(2-7(28)15(36)22(43)16(37)8(2)29,3-9(30)17(38)23(44)18(39)10(3)31)4-11(32)19(40)24(45)20(41)12(4)33;16-11-20-15(19)13-8-4-5-9-17(13)10-14(18)12-6-2-1-3-7-12/h;1-9H,10-11H2/q-1;+1. The first-order chi connectivity index (χ1) is 30.4. The van der Waals surface area contributed by atoms with E-state index in [9.17, 15) is 62.3 Å². The van der Waals surface area contributed by atoms with Crippen LogP contribution in [0.5, 0.6) is 0 Å². The molecule has 1 aromatic heterocycles. The number of esters is 1. The number of hydrogen-bond acceptors (Lipinski definition) is 3. The summed E-state index contributed by atoms with van der Waals surface area (Å²) in [6.07, 6.45) is -5.56. The van der Waals surface area contributed by atoms with Crippen LogP contribution in [0, 0.1) is 116 Å². The van der Waals surface area contributed by atoms with E-state index in [1.54, 1.807) is 53.2 Å². The number of aromatic nitrogens is 1. The van der Waals surface area contributed by atoms with Gasteiger partial charge in [0.2, 0.25) is 12.3 Å². The van der Waals surface area contributed by atoms with E-state index >= 15 is 35.1 Å². The van der Waals surface area contributed by atoms with E-state index in [0.717, 1.165) is 0 Å². The van der Waals surface area contributed by atoms with Crippen molar-refractivity contribution >= 4 is 51.4 Å². The van der Waals surface area contributed by atoms with Crippen molar-refractivity contribution in [1.82, 2.24) is 0 Å². The number of alkyl halides is 1. The average molecular weight is 970 g/mol. The minimum absolute atomic E-state index is 0.0670. The molecule has 0 bridgehead atoms. The van der Waals surface area contributed by atoms with E-state index in [4.69, 9.17) is 16.3 Å². The first-order valence-corrected chi connectivity index (χ1v) is 17.5. The van der Waals surface area contributed by atoms with Gasteiger partial charge >= 0.3 is 5.97 Å². The van der Waals surface area contributed by atoms with Gasteiger partial charge in [-0.15, -0.1) is 21.9 Å². The molecular formula is C39H13BClF20NO3. The molecule has 0 spiro atoms. The molecule has 0 aliphatic rings. The van der Waals surface area contributed by atoms with Crippen LogP contribution in [-0.4, -0.2) is 24.0 Å². The lowest BCUT2D eigenvalue weighted by Gasteiger charge is -2.44. The minimum Gasteiger partial charge on any atom is -0.441 e. The molecule has 0 atom stereocenters. The van der Waals surface area contributed by atoms with Crippen LogP contribution in [0.1, 0.15) is 20.8 Å². The van der Waals surface area contributed by atoms with Gasteiger partial charge in [0.25, 0.3) is 5.69 Å². The normalized spacial score (nSPS) is 11.4. The fourth-order valence-corrected chi connectivity index (χ4v) is 6.77. The highest BCUT2D eigenvalue weighted by Gasteiger charge is 2.52. The second-order valence-corrected chi connectivity index (χ2v) is 13.1. The van der Waals surface area contributed by atoms with E-state index in [1.165, 1.54) is 0 Å². The second kappa shape index (κ2) is 18.8. The minimum atomic E-state index is -7.22. The molecule has 0 unspecified atom stereocenters. The van der Waals surface area contributed by atoms with E-state index in [0.29, 0.717) is 5.56 Å². The zero-order chi connectivity index (χ0) is 48.7. The number of ether oxygens (including phenoxy) is 1. The lowest BCUT2D eigenvalue weighted by atomic mass is 9.12. The molecule has 0 saturated heterocycles. The summed E-state index contributed by atoms with van der Waals surface area (Å²) >= 11 is 5.38. The van der Waals surface area contributed by atoms with Crippen molar-refractivity contribution in [2.45, 2.75) is 6.54 Å². The summed E-state index contributed by atoms with van der Waals surface area (Å²) in [5, 5.41) is 0. The van der Waals surface area contributed by atoms with Gasteiger partial charge in [-0.05, 0) is 6.07 Å². The highest BCUT2D eigenvalue weighted by Crippen LogP contribution is 2.30. The molecule has 0 fully saturated rings. The summed E-state index contributed by atoms with van der Waals surface area (Å²) in [7, 11) is 0. The first-order valence-electron chi connectivity index (χ1n) is 17.0. The Morgan fingerprint density at radius 2 is 0.692 bits per heavy atom. The quantitative estimate of drug-likeness (QED) is 0.0216. The topological polar surface area (TPSA) is 47.2 Å². The van der Waals surface area contributed by atoms with Gasteiger partial charge in [0.05, 0.1) is 0 Å². The maximum Gasteiger partial charge on any atom is 0.404 e. The molecule has 0 saturated carbocycles. The van der Waals surface area contributed by atoms with Crippen molar-refractivity contribution in [3.63, 3.8) is 0 Å². The number of rotatable bonds is 9. The van der Waals surface area contributed by atoms with Crippen molar-refractivity contribution in [1.29, 1.82) is 0 Å². The number of carbonyl (C=O) groups excluding carboxylic acids is 2. The van der Waals surface area contributed by atoms with Crippen molar-refractivity contribution in [2.24, 2.45) is 0 Å². The Labute approximate surface area is 352 Å². The van der Waals surface area contributed by atoms with Gasteiger partial charge in [-0.2, -0.15) is 4.57 Å². The largest absolute Gasteiger partial charge is 0.441 e. The van der Waals surface area contributed by atoms with Crippen LogP contribution < -0.4 is 26.4 Å². The Morgan fingerprint density at radius 3 is 0.985 bits per heavy atom. The smallest absolute Gasteiger partial charge is 0.404 e. The maximum atomic E-state index is 15.4. The number of nitrogens with zero attached hydrogens (tertiary/aromatic N) is 1. The van der Waals surface area contributed by atoms with E-state index in [2.05, 4.69) is 0 Å². The lowest BCUT2D eigenvalue weighted by Crippen LogP contribution is -2.81. The average Bonchev–Trinajstić information content (AvgIpc) is 3.29. The Morgan fingerprint density at radius 1 is 0.415 bits per heavy atom. The summed E-state index contributed by atoms with van der Waals surface area (Å²) in [5.41, 5.74) is -13.4. The molecule has 26 heteroatoms. The van der Waals surface area contributed by atoms with Crippen LogP contribution in [0.3, 0.4) is 0 Å². The van der Waals surface area contributed by atoms with E-state index in [-0.39, 0.29) is 24.1 Å². The van der Waals surface area contributed by atoms with Crippen LogP contribution in [0.2, 0.25) is 0 Å². The summed E-state index contributed by atoms with van der Waals surface area (Å²) < 4.78 is 300. The summed E-state index contributed by atoms with van der Waals surface area (Å²) in [5.74, 6) is -72.0. The lowest BCUT2D eigenvalue weighted by molar-refractivity contribution is -0.685. The molecule has 0 N–H and O–H groups in total. The highest BCUT2D eigenvalue weighted by atomic mass is 35.5. The van der Waals surface area contributed by atoms with Gasteiger partial charge in [0.1, 0.15) is 52.7 Å². The van der Waals surface area contributed by atoms with Crippen LogP contribution in [0.4, 0.5) is 87.8 Å². The van der Waals surface area contributed by atoms with Crippen LogP contribution in [0.25, 0.3) is 0 Å². The molecule has 65 heavy (non-hydrogen) atoms. The SMILES string of the molecule is Fc1c(F)c(F)c([B-](c2c(F)c(F)c(F)c(F)c2F)(c2c(F)c(F)c(F)c(F)c2F)c2c(F)c(F)c(F)c(F)c2F)c(F)c1F.O=C(C[n+]1ccccc1C(=O)OCCl)c1ccccc1. The molecule has 5 aromatic carbocycles. The van der Waals surface area contributed by atoms with Gasteiger partial charge in [-0.1, -0.05) is 41.9 Å². The van der Waals surface area contributed by atoms with Crippen molar-refractivity contribution in [3.8, 4) is 0 Å². The van der Waals surface area contributed by atoms with Gasteiger partial charge in [0.15, 0.2) is 82.1 Å². The Hall–Kier alpha value is -6.66. The van der Waals surface area contributed by atoms with E-state index in [1.807, 2.05) is 6.07 Å². The van der Waals surface area contributed by atoms with Gasteiger partial charge < -0.3 is 4.74 Å². The third kappa shape index (κ3) is 8.09. The molecule has 6 aromatic rings. The molecule has 0 aliphatic heterocycles. The molecular weight excluding hydrogens is 957 g/mol. The molecule has 342 valence electrons. The first kappa shape index (κ1) is 49.4. The summed E-state index contributed by atoms with van der Waals surface area (Å²) in [4.78, 5) is 23.9. The zero-order valence-electron chi connectivity index (χ0n) is 30.8. The third-order valence-electron chi connectivity index (χ3n) is 9.45. The Balaban J connectivity index is 0.000000330. The highest BCUT2D eigenvalue weighted by molar-refractivity contribution is 7.20. The van der Waals surface area contributed by atoms with Crippen LogP contribution in [-0.2, 0) is 11.3 Å². The second-order valence-electron chi connectivity index (χ2n) is 12.8. The molecule has 4 nitrogen and oxygen atoms in total. The van der Waals surface area contributed by atoms with Crippen LogP contribution >= 0.6 is 11.6 Å². The van der Waals surface area contributed by atoms with Crippen molar-refractivity contribution < 1.29 is 107 Å². The van der Waals surface area contributed by atoms with Gasteiger partial charge in [-0.25, -0.2) is 92.6 Å². The van der Waals surface area contributed by atoms with Gasteiger partial charge in [0, 0.05) is 17.7 Å². The predicted molar refractivity (Wildman–Crippen MR) is 183 cm³/mol. The van der Waals surface area contributed by atoms with Crippen LogP contribution in [0.15, 0.2) is 54.7 Å². The number of Topliss-reactive ketones (excluding diaryl/α,β-unsaturated/α-hetero) is 1. The van der Waals surface area contributed by atoms with E-state index < -0.39 is 150 Å². The number of carbonyl (C=O) groups is 2. The summed E-state index contributed by atoms with van der Waals surface area (Å²) in [6, 6.07) is 13.7. The number of halogens is 21. The molecule has 0 aliphatic carbocycles. The monoisotopic (exact) mass is 969 g/mol. The van der Waals surface area contributed by atoms with Crippen molar-refractivity contribution in [2.75, 3.05) is 6.07 Å². The predicted octanol–water partition coefficient (Wildman–Crippen LogP) is 8.06. The maximum absolute atomic E-state index is 15.4. The molecule has 0 amide bonds. The molecule has 6 rings (SSSR count). The fourth-order valence-electron chi connectivity index (χ4n) is 6.67. The number of benzene rings is 5. The molecule has 1 heterocycles. The number of ketones is 1. The number of hydrogen-bond donors (Lipinski definition) is 0. The fraction of sp³-hybridized carbons (Fsp3) is 0.0513. The van der Waals surface area contributed by atoms with Crippen molar-refractivity contribution in [3.05, 3.63) is 182 Å². The number of pyridine rings is 1. The zero-order valence-corrected chi connectivity index (χ0v) is 31.6. The Kier molecular flexibility index (Phi) is 14.3. The third-order valence-corrected chi connectivity index (χ3v) is 9.56.